The summed E-state index contributed by atoms with van der Waals surface area (Å²) < 4.78 is 0. The summed E-state index contributed by atoms with van der Waals surface area (Å²) in [6.45, 7) is 0. The number of amides is 1. The highest BCUT2D eigenvalue weighted by Gasteiger charge is 2.34. The van der Waals surface area contributed by atoms with Gasteiger partial charge in [0, 0.05) is 23.0 Å². The van der Waals surface area contributed by atoms with Gasteiger partial charge in [-0.05, 0) is 30.0 Å². The Kier molecular flexibility index (Phi) is 3.97. The fraction of sp³-hybridized carbons (Fsp3) is 0.0500. The van der Waals surface area contributed by atoms with Crippen LogP contribution in [0.2, 0.25) is 0 Å². The van der Waals surface area contributed by atoms with Crippen molar-refractivity contribution in [1.29, 1.82) is 0 Å². The number of para-hydroxylation sites is 2. The second-order valence-corrected chi connectivity index (χ2v) is 6.09. The normalized spacial score (nSPS) is 15.8. The number of anilines is 2. The predicted octanol–water partition coefficient (Wildman–Crippen LogP) is 3.44. The molecular formula is C20H14N3O4-. The Labute approximate surface area is 154 Å². The molecule has 1 heterocycles. The quantitative estimate of drug-likeness (QED) is 0.570. The van der Waals surface area contributed by atoms with E-state index in [1.54, 1.807) is 36.4 Å². The van der Waals surface area contributed by atoms with Crippen molar-refractivity contribution in [1.82, 2.24) is 0 Å². The van der Waals surface area contributed by atoms with Gasteiger partial charge in [0.15, 0.2) is 0 Å². The average Bonchev–Trinajstić information content (AvgIpc) is 2.69. The highest BCUT2D eigenvalue weighted by atomic mass is 16.6. The maximum Gasteiger partial charge on any atom is 0.262 e. The molecule has 4 rings (SSSR count). The lowest BCUT2D eigenvalue weighted by Gasteiger charge is -2.38. The second kappa shape index (κ2) is 6.45. The number of hydrogen-bond acceptors (Lipinski definition) is 5. The summed E-state index contributed by atoms with van der Waals surface area (Å²) in [6.07, 6.45) is -0.686. The molecule has 0 fully saturated rings. The SMILES string of the molecule is O=C1c2ccccc2N[C@H](c2ccc([O-])c([N+](=O)[O-])c2)N1c1ccccc1. The van der Waals surface area contributed by atoms with E-state index in [9.17, 15) is 20.0 Å². The summed E-state index contributed by atoms with van der Waals surface area (Å²) in [7, 11) is 0. The fourth-order valence-electron chi connectivity index (χ4n) is 3.19. The maximum absolute atomic E-state index is 13.2. The van der Waals surface area contributed by atoms with Crippen LogP contribution in [0.5, 0.6) is 5.75 Å². The van der Waals surface area contributed by atoms with E-state index in [0.29, 0.717) is 22.5 Å². The molecule has 27 heavy (non-hydrogen) atoms. The third-order valence-corrected chi connectivity index (χ3v) is 4.46. The van der Waals surface area contributed by atoms with Crippen molar-refractivity contribution >= 4 is 23.0 Å². The van der Waals surface area contributed by atoms with Crippen LogP contribution in [0.25, 0.3) is 0 Å². The molecule has 134 valence electrons. The first-order valence-corrected chi connectivity index (χ1v) is 8.26. The molecule has 7 nitrogen and oxygen atoms in total. The lowest BCUT2D eigenvalue weighted by Crippen LogP contribution is -2.43. The average molecular weight is 360 g/mol. The molecule has 1 aliphatic heterocycles. The zero-order valence-corrected chi connectivity index (χ0v) is 14.0. The minimum atomic E-state index is -0.711. The Morgan fingerprint density at radius 1 is 0.963 bits per heavy atom. The third kappa shape index (κ3) is 2.85. The standard InChI is InChI=1S/C20H15N3O4/c24-18-11-10-13(12-17(18)23(26)27)19-21-16-9-5-4-8-15(16)20(25)22(19)14-6-2-1-3-7-14/h1-12,19,21,24H/p-1/t19-/m0/s1. The van der Waals surface area contributed by atoms with Crippen molar-refractivity contribution in [3.05, 3.63) is 94.0 Å². The van der Waals surface area contributed by atoms with Gasteiger partial charge in [-0.15, -0.1) is 0 Å². The number of rotatable bonds is 3. The molecule has 0 saturated carbocycles. The Hall–Kier alpha value is -3.87. The Balaban J connectivity index is 1.88. The number of benzene rings is 3. The third-order valence-electron chi connectivity index (χ3n) is 4.46. The molecule has 3 aromatic carbocycles. The van der Waals surface area contributed by atoms with E-state index in [1.165, 1.54) is 17.0 Å². The van der Waals surface area contributed by atoms with Crippen molar-refractivity contribution in [2.45, 2.75) is 6.17 Å². The van der Waals surface area contributed by atoms with E-state index in [1.807, 2.05) is 18.2 Å². The smallest absolute Gasteiger partial charge is 0.262 e. The van der Waals surface area contributed by atoms with Crippen LogP contribution in [0, 0.1) is 10.1 Å². The minimum Gasteiger partial charge on any atom is -0.868 e. The summed E-state index contributed by atoms with van der Waals surface area (Å²) in [5, 5.41) is 26.2. The number of fused-ring (bicyclic) bond motifs is 1. The first-order chi connectivity index (χ1) is 13.1. The summed E-state index contributed by atoms with van der Waals surface area (Å²) in [6, 6.07) is 20.0. The van der Waals surface area contributed by atoms with Crippen LogP contribution >= 0.6 is 0 Å². The Morgan fingerprint density at radius 2 is 1.67 bits per heavy atom. The highest BCUT2D eigenvalue weighted by Crippen LogP contribution is 2.38. The van der Waals surface area contributed by atoms with Gasteiger partial charge in [-0.1, -0.05) is 42.5 Å². The zero-order chi connectivity index (χ0) is 19.0. The van der Waals surface area contributed by atoms with Gasteiger partial charge in [-0.2, -0.15) is 0 Å². The lowest BCUT2D eigenvalue weighted by atomic mass is 10.0. The monoisotopic (exact) mass is 360 g/mol. The summed E-state index contributed by atoms with van der Waals surface area (Å²) >= 11 is 0. The summed E-state index contributed by atoms with van der Waals surface area (Å²) in [4.78, 5) is 25.2. The van der Waals surface area contributed by atoms with E-state index in [0.717, 1.165) is 6.07 Å². The molecule has 1 aliphatic rings. The van der Waals surface area contributed by atoms with Gasteiger partial charge >= 0.3 is 0 Å². The van der Waals surface area contributed by atoms with Crippen molar-refractivity contribution < 1.29 is 14.8 Å². The Morgan fingerprint density at radius 3 is 2.41 bits per heavy atom. The largest absolute Gasteiger partial charge is 0.868 e. The molecule has 1 N–H and O–H groups in total. The summed E-state index contributed by atoms with van der Waals surface area (Å²) in [5.41, 5.74) is 1.71. The number of carbonyl (C=O) groups is 1. The molecule has 0 saturated heterocycles. The Bertz CT molecular complexity index is 1040. The highest BCUT2D eigenvalue weighted by molar-refractivity contribution is 6.12. The van der Waals surface area contributed by atoms with E-state index in [2.05, 4.69) is 5.32 Å². The number of nitro benzene ring substituents is 1. The maximum atomic E-state index is 13.2. The first-order valence-electron chi connectivity index (χ1n) is 8.26. The van der Waals surface area contributed by atoms with E-state index in [-0.39, 0.29) is 5.91 Å². The van der Waals surface area contributed by atoms with Crippen molar-refractivity contribution in [3.8, 4) is 5.75 Å². The lowest BCUT2D eigenvalue weighted by molar-refractivity contribution is -0.398. The van der Waals surface area contributed by atoms with Gasteiger partial charge in [-0.25, -0.2) is 0 Å². The van der Waals surface area contributed by atoms with Gasteiger partial charge in [0.05, 0.1) is 10.5 Å². The number of nitro groups is 1. The van der Waals surface area contributed by atoms with Crippen LogP contribution in [-0.4, -0.2) is 10.8 Å². The molecule has 1 amide bonds. The number of nitrogens with one attached hydrogen (secondary N) is 1. The first kappa shape index (κ1) is 16.6. The molecule has 0 radical (unpaired) electrons. The van der Waals surface area contributed by atoms with E-state index >= 15 is 0 Å². The number of nitrogens with zero attached hydrogens (tertiary/aromatic N) is 2. The molecule has 0 bridgehead atoms. The van der Waals surface area contributed by atoms with Crippen molar-refractivity contribution in [3.63, 3.8) is 0 Å². The molecule has 7 heteroatoms. The number of carbonyl (C=O) groups excluding carboxylic acids is 1. The molecule has 0 aromatic heterocycles. The number of hydrogen-bond donors (Lipinski definition) is 1. The molecule has 0 aliphatic carbocycles. The van der Waals surface area contributed by atoms with Gasteiger partial charge in [0.25, 0.3) is 11.6 Å². The van der Waals surface area contributed by atoms with E-state index < -0.39 is 22.5 Å². The summed E-state index contributed by atoms with van der Waals surface area (Å²) in [5.74, 6) is -0.896. The van der Waals surface area contributed by atoms with Gasteiger partial charge in [0.1, 0.15) is 6.17 Å². The van der Waals surface area contributed by atoms with Gasteiger partial charge in [-0.3, -0.25) is 19.8 Å². The predicted molar refractivity (Wildman–Crippen MR) is 98.6 cm³/mol. The van der Waals surface area contributed by atoms with Crippen LogP contribution in [0.4, 0.5) is 17.1 Å². The molecule has 1 atom stereocenters. The van der Waals surface area contributed by atoms with Crippen LogP contribution in [0.3, 0.4) is 0 Å². The van der Waals surface area contributed by atoms with Crippen molar-refractivity contribution in [2.24, 2.45) is 0 Å². The van der Waals surface area contributed by atoms with E-state index in [4.69, 9.17) is 0 Å². The van der Waals surface area contributed by atoms with Gasteiger partial charge in [0.2, 0.25) is 0 Å². The van der Waals surface area contributed by atoms with Crippen LogP contribution in [0.15, 0.2) is 72.8 Å². The topological polar surface area (TPSA) is 98.5 Å². The molecular weight excluding hydrogens is 346 g/mol. The van der Waals surface area contributed by atoms with Crippen LogP contribution < -0.4 is 15.3 Å². The molecule has 0 unspecified atom stereocenters. The zero-order valence-electron chi connectivity index (χ0n) is 14.0. The molecule has 3 aromatic rings. The molecule has 0 spiro atoms. The fourth-order valence-corrected chi connectivity index (χ4v) is 3.19. The second-order valence-electron chi connectivity index (χ2n) is 6.09. The van der Waals surface area contributed by atoms with Gasteiger partial charge < -0.3 is 10.4 Å². The minimum absolute atomic E-state index is 0.227. The van der Waals surface area contributed by atoms with Crippen LogP contribution in [0.1, 0.15) is 22.1 Å². The van der Waals surface area contributed by atoms with Crippen molar-refractivity contribution in [2.75, 3.05) is 10.2 Å². The van der Waals surface area contributed by atoms with Crippen LogP contribution in [-0.2, 0) is 0 Å².